The lowest BCUT2D eigenvalue weighted by atomic mass is 9.65. The van der Waals surface area contributed by atoms with Crippen LogP contribution in [0.3, 0.4) is 0 Å². The van der Waals surface area contributed by atoms with E-state index in [4.69, 9.17) is 14.9 Å². The van der Waals surface area contributed by atoms with Gasteiger partial charge in [0.15, 0.2) is 11.5 Å². The monoisotopic (exact) mass is 446 g/mol. The maximum atomic E-state index is 8.05. The molecule has 174 valence electrons. The molecule has 2 aromatic carbocycles. The van der Waals surface area contributed by atoms with Gasteiger partial charge in [-0.05, 0) is 68.8 Å². The summed E-state index contributed by atoms with van der Waals surface area (Å²) in [4.78, 5) is 6.80. The van der Waals surface area contributed by atoms with Crippen molar-refractivity contribution in [3.05, 3.63) is 60.2 Å². The average Bonchev–Trinajstić information content (AvgIpc) is 3.20. The maximum Gasteiger partial charge on any atom is 0.161 e. The normalized spacial score (nSPS) is 22.3. The van der Waals surface area contributed by atoms with Gasteiger partial charge in [0.25, 0.3) is 0 Å². The summed E-state index contributed by atoms with van der Waals surface area (Å²) in [7, 11) is 7.42. The fourth-order valence-corrected chi connectivity index (χ4v) is 5.30. The molecule has 1 aliphatic carbocycles. The summed E-state index contributed by atoms with van der Waals surface area (Å²) >= 11 is 0. The minimum atomic E-state index is 0.166. The van der Waals surface area contributed by atoms with E-state index in [-0.39, 0.29) is 5.41 Å². The van der Waals surface area contributed by atoms with Crippen LogP contribution in [0.2, 0.25) is 0 Å². The summed E-state index contributed by atoms with van der Waals surface area (Å²) < 4.78 is 10.8. The molecule has 6 heteroatoms. The number of pyridine rings is 1. The molecule has 0 bridgehead atoms. The lowest BCUT2D eigenvalue weighted by molar-refractivity contribution is 0.226. The molecular formula is C27H34N4O2. The minimum Gasteiger partial charge on any atom is -0.493 e. The Morgan fingerprint density at radius 3 is 2.58 bits per heavy atom. The van der Waals surface area contributed by atoms with Crippen molar-refractivity contribution in [1.29, 1.82) is 5.41 Å². The zero-order chi connectivity index (χ0) is 23.4. The molecule has 2 unspecified atom stereocenters. The second-order valence-corrected chi connectivity index (χ2v) is 8.92. The van der Waals surface area contributed by atoms with Crippen LogP contribution in [0, 0.1) is 5.41 Å². The van der Waals surface area contributed by atoms with Crippen molar-refractivity contribution in [2.45, 2.75) is 37.1 Å². The van der Waals surface area contributed by atoms with E-state index < -0.39 is 0 Å². The number of hydrogen-bond donors (Lipinski definition) is 2. The largest absolute Gasteiger partial charge is 0.493 e. The highest BCUT2D eigenvalue weighted by molar-refractivity contribution is 5.83. The zero-order valence-corrected chi connectivity index (χ0v) is 20.0. The summed E-state index contributed by atoms with van der Waals surface area (Å²) in [6, 6.07) is 18.9. The summed E-state index contributed by atoms with van der Waals surface area (Å²) in [5.41, 5.74) is 3.43. The number of likely N-dealkylation sites (tertiary alicyclic amines) is 1. The first-order valence-corrected chi connectivity index (χ1v) is 11.5. The van der Waals surface area contributed by atoms with Crippen LogP contribution < -0.4 is 14.8 Å². The van der Waals surface area contributed by atoms with Crippen LogP contribution in [0.5, 0.6) is 11.5 Å². The zero-order valence-electron chi connectivity index (χ0n) is 20.0. The topological polar surface area (TPSA) is 70.5 Å². The Balaban J connectivity index is 0.000000183. The standard InChI is InChI=1S/C17H24N2O2.C10H10N2/c1-19-9-8-17(7-6-13(18)11-16(17)19)12-4-5-14(20-2)15(10-12)21-3;1-11-10-7-6-8-4-2-3-5-9(8)12-10/h4-5,10,16,18H,6-9,11H2,1-3H3;2-7H,1H3,(H,11,12). The Kier molecular flexibility index (Phi) is 6.84. The van der Waals surface area contributed by atoms with Crippen LogP contribution in [0.1, 0.15) is 31.2 Å². The smallest absolute Gasteiger partial charge is 0.161 e. The van der Waals surface area contributed by atoms with Crippen LogP contribution in [-0.4, -0.2) is 56.5 Å². The van der Waals surface area contributed by atoms with Crippen molar-refractivity contribution in [1.82, 2.24) is 9.88 Å². The van der Waals surface area contributed by atoms with Crippen molar-refractivity contribution >= 4 is 22.4 Å². The summed E-state index contributed by atoms with van der Waals surface area (Å²) in [5.74, 6) is 2.50. The van der Waals surface area contributed by atoms with E-state index in [1.54, 1.807) is 14.2 Å². The molecule has 0 spiro atoms. The van der Waals surface area contributed by atoms with Gasteiger partial charge in [-0.25, -0.2) is 4.98 Å². The van der Waals surface area contributed by atoms with E-state index in [0.717, 1.165) is 60.8 Å². The van der Waals surface area contributed by atoms with Gasteiger partial charge >= 0.3 is 0 Å². The fourth-order valence-electron chi connectivity index (χ4n) is 5.30. The Labute approximate surface area is 196 Å². The first-order chi connectivity index (χ1) is 16.0. The van der Waals surface area contributed by atoms with Crippen LogP contribution >= 0.6 is 0 Å². The fraction of sp³-hybridized carbons (Fsp3) is 0.407. The Morgan fingerprint density at radius 1 is 1.03 bits per heavy atom. The number of methoxy groups -OCH3 is 2. The molecular weight excluding hydrogens is 412 g/mol. The first kappa shape index (κ1) is 23.1. The number of anilines is 1. The average molecular weight is 447 g/mol. The van der Waals surface area contributed by atoms with Gasteiger partial charge in [0, 0.05) is 36.0 Å². The van der Waals surface area contributed by atoms with Crippen molar-refractivity contribution in [2.24, 2.45) is 0 Å². The molecule has 1 saturated carbocycles. The molecule has 0 radical (unpaired) electrons. The van der Waals surface area contributed by atoms with Crippen molar-refractivity contribution in [2.75, 3.05) is 40.2 Å². The quantitative estimate of drug-likeness (QED) is 0.582. The second kappa shape index (κ2) is 9.79. The maximum absolute atomic E-state index is 8.05. The molecule has 2 fully saturated rings. The van der Waals surface area contributed by atoms with Gasteiger partial charge < -0.3 is 25.1 Å². The van der Waals surface area contributed by atoms with Crippen molar-refractivity contribution in [3.8, 4) is 11.5 Å². The molecule has 1 aromatic heterocycles. The third kappa shape index (κ3) is 4.53. The van der Waals surface area contributed by atoms with Crippen LogP contribution in [0.25, 0.3) is 10.9 Å². The molecule has 2 aliphatic rings. The number of rotatable bonds is 4. The summed E-state index contributed by atoms with van der Waals surface area (Å²) in [6.45, 7) is 1.10. The summed E-state index contributed by atoms with van der Waals surface area (Å²) in [6.07, 6.45) is 4.04. The third-order valence-corrected chi connectivity index (χ3v) is 7.21. The predicted octanol–water partition coefficient (Wildman–Crippen LogP) is 5.13. The van der Waals surface area contributed by atoms with Crippen molar-refractivity contribution < 1.29 is 9.47 Å². The molecule has 1 aliphatic heterocycles. The van der Waals surface area contributed by atoms with E-state index in [1.165, 1.54) is 10.9 Å². The highest BCUT2D eigenvalue weighted by Gasteiger charge is 2.49. The third-order valence-electron chi connectivity index (χ3n) is 7.21. The highest BCUT2D eigenvalue weighted by atomic mass is 16.5. The number of hydrogen-bond acceptors (Lipinski definition) is 6. The Morgan fingerprint density at radius 2 is 1.82 bits per heavy atom. The van der Waals surface area contributed by atoms with E-state index in [0.29, 0.717) is 6.04 Å². The minimum absolute atomic E-state index is 0.166. The molecule has 2 atom stereocenters. The number of nitrogens with one attached hydrogen (secondary N) is 2. The molecule has 6 nitrogen and oxygen atoms in total. The molecule has 2 heterocycles. The number of fused-ring (bicyclic) bond motifs is 2. The number of para-hydroxylation sites is 1. The number of likely N-dealkylation sites (N-methyl/N-ethyl adjacent to an activating group) is 1. The predicted molar refractivity (Wildman–Crippen MR) is 135 cm³/mol. The van der Waals surface area contributed by atoms with Gasteiger partial charge in [-0.3, -0.25) is 0 Å². The Hall–Kier alpha value is -3.12. The molecule has 1 saturated heterocycles. The van der Waals surface area contributed by atoms with Crippen LogP contribution in [0.15, 0.2) is 54.6 Å². The lowest BCUT2D eigenvalue weighted by Crippen LogP contribution is -2.46. The number of ether oxygens (including phenoxy) is 2. The highest BCUT2D eigenvalue weighted by Crippen LogP contribution is 2.49. The Bertz CT molecular complexity index is 1130. The first-order valence-electron chi connectivity index (χ1n) is 11.5. The summed E-state index contributed by atoms with van der Waals surface area (Å²) in [5, 5.41) is 12.2. The van der Waals surface area contributed by atoms with E-state index >= 15 is 0 Å². The van der Waals surface area contributed by atoms with Gasteiger partial charge in [0.1, 0.15) is 5.82 Å². The van der Waals surface area contributed by atoms with Crippen LogP contribution in [-0.2, 0) is 5.41 Å². The molecule has 0 amide bonds. The lowest BCUT2D eigenvalue weighted by Gasteiger charge is -2.42. The molecule has 33 heavy (non-hydrogen) atoms. The van der Waals surface area contributed by atoms with Gasteiger partial charge in [-0.15, -0.1) is 0 Å². The number of benzene rings is 2. The number of nitrogens with zero attached hydrogens (tertiary/aromatic N) is 2. The van der Waals surface area contributed by atoms with Gasteiger partial charge in [0.05, 0.1) is 19.7 Å². The SMILES string of the molecule is CNc1ccc2ccccc2n1.COc1ccc(C23CCC(=N)CC2N(C)CC3)cc1OC. The van der Waals surface area contributed by atoms with Gasteiger partial charge in [-0.1, -0.05) is 24.3 Å². The molecule has 5 rings (SSSR count). The molecule has 2 N–H and O–H groups in total. The van der Waals surface area contributed by atoms with E-state index in [1.807, 2.05) is 37.4 Å². The second-order valence-electron chi connectivity index (χ2n) is 8.92. The van der Waals surface area contributed by atoms with Crippen LogP contribution in [0.4, 0.5) is 5.82 Å². The van der Waals surface area contributed by atoms with Gasteiger partial charge in [0.2, 0.25) is 0 Å². The van der Waals surface area contributed by atoms with Crippen molar-refractivity contribution in [3.63, 3.8) is 0 Å². The van der Waals surface area contributed by atoms with E-state index in [9.17, 15) is 0 Å². The molecule has 3 aromatic rings. The van der Waals surface area contributed by atoms with E-state index in [2.05, 4.69) is 46.5 Å². The van der Waals surface area contributed by atoms with Gasteiger partial charge in [-0.2, -0.15) is 0 Å². The number of aromatic nitrogens is 1.